The van der Waals surface area contributed by atoms with E-state index < -0.39 is 0 Å². The van der Waals surface area contributed by atoms with Crippen LogP contribution in [0.3, 0.4) is 0 Å². The van der Waals surface area contributed by atoms with E-state index in [4.69, 9.17) is 9.47 Å². The molecule has 0 heterocycles. The molecule has 0 aliphatic carbocycles. The number of rotatable bonds is 2. The Bertz CT molecular complexity index is 619. The Kier molecular flexibility index (Phi) is 7.11. The zero-order valence-corrected chi connectivity index (χ0v) is 14.9. The average molecular weight is 424 g/mol. The van der Waals surface area contributed by atoms with Crippen LogP contribution in [0.5, 0.6) is 11.5 Å². The molecule has 0 N–H and O–H groups in total. The Labute approximate surface area is 139 Å². The molecule has 0 fully saturated rings. The highest BCUT2D eigenvalue weighted by Crippen LogP contribution is 2.27. The van der Waals surface area contributed by atoms with Gasteiger partial charge in [0.1, 0.15) is 23.1 Å². The summed E-state index contributed by atoms with van der Waals surface area (Å²) in [6.07, 6.45) is 0. The molecule has 0 aliphatic heterocycles. The van der Waals surface area contributed by atoms with E-state index in [1.165, 1.54) is 32.4 Å². The summed E-state index contributed by atoms with van der Waals surface area (Å²) in [5, 5.41) is 0. The quantitative estimate of drug-likeness (QED) is 0.634. The molecule has 0 radical (unpaired) electrons. The Morgan fingerprint density at radius 1 is 0.857 bits per heavy atom. The number of halogens is 4. The zero-order chi connectivity index (χ0) is 16.0. The van der Waals surface area contributed by atoms with Crippen molar-refractivity contribution in [2.75, 3.05) is 14.2 Å². The van der Waals surface area contributed by atoms with Crippen molar-refractivity contribution in [1.29, 1.82) is 0 Å². The third-order valence-corrected chi connectivity index (χ3v) is 3.82. The van der Waals surface area contributed by atoms with Crippen LogP contribution in [-0.4, -0.2) is 14.2 Å². The molecule has 0 spiro atoms. The number of benzene rings is 2. The maximum atomic E-state index is 12.8. The largest absolute Gasteiger partial charge is 0.495 e. The Morgan fingerprint density at radius 2 is 1.43 bits per heavy atom. The predicted molar refractivity (Wildman–Crippen MR) is 86.0 cm³/mol. The van der Waals surface area contributed by atoms with Crippen LogP contribution >= 0.6 is 31.9 Å². The van der Waals surface area contributed by atoms with E-state index in [2.05, 4.69) is 31.9 Å². The van der Waals surface area contributed by atoms with Crippen LogP contribution in [0, 0.1) is 18.6 Å². The standard InChI is InChI=1S/C8H8BrFO.C7H6BrFO/c1-5-3-6(9)8(11-2)4-7(5)10;1-10-7-4-5(9)2-3-6(7)8/h3-4H,1-2H3;2-4H,1H3. The van der Waals surface area contributed by atoms with Crippen molar-refractivity contribution < 1.29 is 18.3 Å². The summed E-state index contributed by atoms with van der Waals surface area (Å²) in [6.45, 7) is 1.71. The van der Waals surface area contributed by atoms with Crippen LogP contribution in [0.25, 0.3) is 0 Å². The van der Waals surface area contributed by atoms with Gasteiger partial charge < -0.3 is 9.47 Å². The third-order valence-electron chi connectivity index (χ3n) is 2.55. The van der Waals surface area contributed by atoms with Gasteiger partial charge in [-0.1, -0.05) is 0 Å². The summed E-state index contributed by atoms with van der Waals surface area (Å²) in [5.74, 6) is 0.498. The summed E-state index contributed by atoms with van der Waals surface area (Å²) >= 11 is 6.45. The SMILES string of the molecule is COc1cc(F)c(C)cc1Br.COc1cc(F)ccc1Br. The summed E-state index contributed by atoms with van der Waals surface area (Å²) < 4.78 is 36.5. The summed E-state index contributed by atoms with van der Waals surface area (Å²) in [5.41, 5.74) is 0.609. The lowest BCUT2D eigenvalue weighted by atomic mass is 10.2. The molecular weight excluding hydrogens is 410 g/mol. The highest BCUT2D eigenvalue weighted by molar-refractivity contribution is 9.10. The molecule has 0 saturated heterocycles. The average Bonchev–Trinajstić information content (AvgIpc) is 2.46. The highest BCUT2D eigenvalue weighted by Gasteiger charge is 2.04. The number of hydrogen-bond acceptors (Lipinski definition) is 2. The maximum Gasteiger partial charge on any atom is 0.135 e. The van der Waals surface area contributed by atoms with Crippen molar-refractivity contribution in [1.82, 2.24) is 0 Å². The number of aryl methyl sites for hydroxylation is 1. The third kappa shape index (κ3) is 5.28. The molecule has 0 unspecified atom stereocenters. The van der Waals surface area contributed by atoms with Gasteiger partial charge in [-0.05, 0) is 62.5 Å². The van der Waals surface area contributed by atoms with E-state index >= 15 is 0 Å². The zero-order valence-electron chi connectivity index (χ0n) is 11.7. The van der Waals surface area contributed by atoms with Crippen LogP contribution < -0.4 is 9.47 Å². The van der Waals surface area contributed by atoms with Gasteiger partial charge in [-0.3, -0.25) is 0 Å². The topological polar surface area (TPSA) is 18.5 Å². The van der Waals surface area contributed by atoms with E-state index in [-0.39, 0.29) is 11.6 Å². The van der Waals surface area contributed by atoms with E-state index in [0.717, 1.165) is 8.95 Å². The molecule has 21 heavy (non-hydrogen) atoms. The van der Waals surface area contributed by atoms with Crippen molar-refractivity contribution in [2.45, 2.75) is 6.92 Å². The molecule has 2 nitrogen and oxygen atoms in total. The lowest BCUT2D eigenvalue weighted by molar-refractivity contribution is 0.408. The van der Waals surface area contributed by atoms with Crippen molar-refractivity contribution >= 4 is 31.9 Å². The minimum Gasteiger partial charge on any atom is -0.495 e. The van der Waals surface area contributed by atoms with Crippen molar-refractivity contribution in [2.24, 2.45) is 0 Å². The minimum absolute atomic E-state index is 0.245. The van der Waals surface area contributed by atoms with E-state index in [9.17, 15) is 8.78 Å². The van der Waals surface area contributed by atoms with Crippen molar-refractivity contribution in [3.05, 3.63) is 56.5 Å². The molecule has 0 bridgehead atoms. The first-order valence-corrected chi connectivity index (χ1v) is 7.46. The molecule has 0 aromatic heterocycles. The molecule has 114 valence electrons. The van der Waals surface area contributed by atoms with E-state index in [0.29, 0.717) is 17.1 Å². The number of hydrogen-bond donors (Lipinski definition) is 0. The van der Waals surface area contributed by atoms with Crippen molar-refractivity contribution in [3.8, 4) is 11.5 Å². The van der Waals surface area contributed by atoms with Gasteiger partial charge in [0.2, 0.25) is 0 Å². The van der Waals surface area contributed by atoms with Crippen LogP contribution in [0.2, 0.25) is 0 Å². The second-order valence-electron chi connectivity index (χ2n) is 4.01. The van der Waals surface area contributed by atoms with Crippen LogP contribution in [0.4, 0.5) is 8.78 Å². The second kappa shape index (κ2) is 8.34. The van der Waals surface area contributed by atoms with Gasteiger partial charge in [-0.15, -0.1) is 0 Å². The van der Waals surface area contributed by atoms with Gasteiger partial charge in [-0.25, -0.2) is 8.78 Å². The lowest BCUT2D eigenvalue weighted by Crippen LogP contribution is -1.88. The fourth-order valence-electron chi connectivity index (χ4n) is 1.42. The molecule has 0 atom stereocenters. The van der Waals surface area contributed by atoms with Gasteiger partial charge in [0.05, 0.1) is 23.2 Å². The van der Waals surface area contributed by atoms with Gasteiger partial charge >= 0.3 is 0 Å². The highest BCUT2D eigenvalue weighted by atomic mass is 79.9. The van der Waals surface area contributed by atoms with Gasteiger partial charge in [0.25, 0.3) is 0 Å². The molecule has 6 heteroatoms. The number of methoxy groups -OCH3 is 2. The lowest BCUT2D eigenvalue weighted by Gasteiger charge is -2.04. The minimum atomic E-state index is -0.292. The van der Waals surface area contributed by atoms with E-state index in [1.54, 1.807) is 19.1 Å². The molecule has 2 aromatic rings. The smallest absolute Gasteiger partial charge is 0.135 e. The fourth-order valence-corrected chi connectivity index (χ4v) is 2.45. The monoisotopic (exact) mass is 422 g/mol. The van der Waals surface area contributed by atoms with Gasteiger partial charge in [0.15, 0.2) is 0 Å². The summed E-state index contributed by atoms with van der Waals surface area (Å²) in [7, 11) is 3.01. The first kappa shape index (κ1) is 17.9. The predicted octanol–water partition coefficient (Wildman–Crippen LogP) is 5.50. The first-order valence-electron chi connectivity index (χ1n) is 5.87. The molecule has 0 aliphatic rings. The van der Waals surface area contributed by atoms with Crippen LogP contribution in [0.1, 0.15) is 5.56 Å². The number of ether oxygens (including phenoxy) is 2. The maximum absolute atomic E-state index is 12.8. The van der Waals surface area contributed by atoms with Crippen LogP contribution in [-0.2, 0) is 0 Å². The molecule has 0 saturated carbocycles. The Morgan fingerprint density at radius 3 is 1.95 bits per heavy atom. The molecular formula is C15H14Br2F2O2. The molecule has 2 aromatic carbocycles. The summed E-state index contributed by atoms with van der Waals surface area (Å²) in [4.78, 5) is 0. The summed E-state index contributed by atoms with van der Waals surface area (Å²) in [6, 6.07) is 7.35. The van der Waals surface area contributed by atoms with Gasteiger partial charge in [0, 0.05) is 12.1 Å². The Balaban J connectivity index is 0.000000211. The van der Waals surface area contributed by atoms with Gasteiger partial charge in [-0.2, -0.15) is 0 Å². The second-order valence-corrected chi connectivity index (χ2v) is 5.72. The normalized spacial score (nSPS) is 9.67. The van der Waals surface area contributed by atoms with E-state index in [1.807, 2.05) is 0 Å². The molecule has 2 rings (SSSR count). The molecule has 0 amide bonds. The fraction of sp³-hybridized carbons (Fsp3) is 0.200. The Hall–Kier alpha value is -1.14. The first-order chi connectivity index (χ1) is 9.88. The van der Waals surface area contributed by atoms with Crippen molar-refractivity contribution in [3.63, 3.8) is 0 Å². The van der Waals surface area contributed by atoms with Crippen LogP contribution in [0.15, 0.2) is 39.3 Å².